The molecule has 2 saturated heterocycles. The van der Waals surface area contributed by atoms with Crippen molar-refractivity contribution in [3.05, 3.63) is 23.0 Å². The molecule has 3 rings (SSSR count). The number of nitrogens with one attached hydrogen (secondary N) is 1. The zero-order valence-electron chi connectivity index (χ0n) is 14.8. The number of alkyl halides is 1. The second-order valence-corrected chi connectivity index (χ2v) is 9.57. The van der Waals surface area contributed by atoms with Crippen LogP contribution in [0.15, 0.2) is 12.1 Å². The van der Waals surface area contributed by atoms with Crippen molar-refractivity contribution in [1.29, 1.82) is 0 Å². The minimum absolute atomic E-state index is 0.0131. The van der Waals surface area contributed by atoms with E-state index in [4.69, 9.17) is 20.9 Å². The Morgan fingerprint density at radius 2 is 1.77 bits per heavy atom. The molecule has 2 fully saturated rings. The predicted octanol–water partition coefficient (Wildman–Crippen LogP) is 2.09. The van der Waals surface area contributed by atoms with Crippen LogP contribution >= 0.6 is 11.6 Å². The smallest absolute Gasteiger partial charge is 0.399 e. The van der Waals surface area contributed by atoms with Crippen molar-refractivity contribution >= 4 is 40.1 Å². The molecule has 0 atom stereocenters. The van der Waals surface area contributed by atoms with Crippen LogP contribution in [0.1, 0.15) is 27.7 Å². The molecule has 6 nitrogen and oxygen atoms in total. The molecule has 1 aromatic rings. The third kappa shape index (κ3) is 3.45. The zero-order chi connectivity index (χ0) is 19.5. The second-order valence-electron chi connectivity index (χ2n) is 7.47. The standard InChI is InChI=1S/C15H20BClF2N2O4S/c1-14(2)15(3,4)25-16(24-14)11-5-9(17)6-12(13(11)19)20-26(22,23)21-7-10(18)8-21/h5-6,10,20H,7-8H2,1-4H3. The molecule has 26 heavy (non-hydrogen) atoms. The highest BCUT2D eigenvalue weighted by Crippen LogP contribution is 2.37. The van der Waals surface area contributed by atoms with Gasteiger partial charge in [0.15, 0.2) is 0 Å². The van der Waals surface area contributed by atoms with Crippen LogP contribution in [0.3, 0.4) is 0 Å². The summed E-state index contributed by atoms with van der Waals surface area (Å²) in [7, 11) is -5.11. The Hall–Kier alpha value is -0.935. The normalized spacial score (nSPS) is 23.1. The minimum atomic E-state index is -4.07. The molecule has 0 amide bonds. The van der Waals surface area contributed by atoms with Gasteiger partial charge in [-0.05, 0) is 39.8 Å². The molecule has 0 aromatic heterocycles. The highest BCUT2D eigenvalue weighted by Gasteiger charge is 2.52. The molecule has 144 valence electrons. The van der Waals surface area contributed by atoms with Crippen molar-refractivity contribution in [2.75, 3.05) is 17.8 Å². The topological polar surface area (TPSA) is 67.9 Å². The number of hydrogen-bond donors (Lipinski definition) is 1. The van der Waals surface area contributed by atoms with Crippen LogP contribution in [-0.4, -0.2) is 50.3 Å². The van der Waals surface area contributed by atoms with E-state index in [1.807, 2.05) is 27.7 Å². The van der Waals surface area contributed by atoms with Crippen LogP contribution in [-0.2, 0) is 19.5 Å². The van der Waals surface area contributed by atoms with Gasteiger partial charge in [-0.3, -0.25) is 4.72 Å². The summed E-state index contributed by atoms with van der Waals surface area (Å²) in [5.74, 6) is -0.853. The first-order valence-electron chi connectivity index (χ1n) is 8.09. The Morgan fingerprint density at radius 3 is 2.27 bits per heavy atom. The minimum Gasteiger partial charge on any atom is -0.399 e. The van der Waals surface area contributed by atoms with E-state index in [0.29, 0.717) is 0 Å². The van der Waals surface area contributed by atoms with E-state index in [9.17, 15) is 17.2 Å². The molecular weight excluding hydrogens is 389 g/mol. The Balaban J connectivity index is 1.91. The molecule has 2 aliphatic heterocycles. The molecule has 1 N–H and O–H groups in total. The SMILES string of the molecule is CC1(C)OB(c2cc(Cl)cc(NS(=O)(=O)N3CC(F)C3)c2F)OC1(C)C. The maximum atomic E-state index is 15.0. The lowest BCUT2D eigenvalue weighted by Gasteiger charge is -2.33. The van der Waals surface area contributed by atoms with E-state index in [2.05, 4.69) is 4.72 Å². The average Bonchev–Trinajstić information content (AvgIpc) is 2.67. The Bertz CT molecular complexity index is 815. The fourth-order valence-corrected chi connectivity index (χ4v) is 4.11. The van der Waals surface area contributed by atoms with Crippen molar-refractivity contribution < 1.29 is 26.5 Å². The summed E-state index contributed by atoms with van der Waals surface area (Å²) in [4.78, 5) is 0. The van der Waals surface area contributed by atoms with Gasteiger partial charge in [-0.1, -0.05) is 11.6 Å². The van der Waals surface area contributed by atoms with Gasteiger partial charge >= 0.3 is 17.3 Å². The molecule has 2 aliphatic rings. The van der Waals surface area contributed by atoms with Gasteiger partial charge in [0.25, 0.3) is 0 Å². The van der Waals surface area contributed by atoms with Crippen molar-refractivity contribution in [1.82, 2.24) is 4.31 Å². The average molecular weight is 409 g/mol. The Labute approximate surface area is 157 Å². The largest absolute Gasteiger partial charge is 0.497 e. The lowest BCUT2D eigenvalue weighted by atomic mass is 9.78. The van der Waals surface area contributed by atoms with Gasteiger partial charge in [0.1, 0.15) is 12.0 Å². The molecule has 11 heteroatoms. The first kappa shape index (κ1) is 19.8. The maximum Gasteiger partial charge on any atom is 0.497 e. The third-order valence-corrected chi connectivity index (χ3v) is 6.63. The van der Waals surface area contributed by atoms with E-state index >= 15 is 0 Å². The van der Waals surface area contributed by atoms with Crippen molar-refractivity contribution in [2.45, 2.75) is 45.1 Å². The van der Waals surface area contributed by atoms with Crippen LogP contribution in [0.2, 0.25) is 5.02 Å². The third-order valence-electron chi connectivity index (χ3n) is 4.96. The Morgan fingerprint density at radius 1 is 1.23 bits per heavy atom. The number of anilines is 1. The first-order chi connectivity index (χ1) is 11.8. The van der Waals surface area contributed by atoms with Gasteiger partial charge in [0.05, 0.1) is 16.9 Å². The fraction of sp³-hybridized carbons (Fsp3) is 0.600. The fourth-order valence-electron chi connectivity index (χ4n) is 2.61. The summed E-state index contributed by atoms with van der Waals surface area (Å²) in [5.41, 5.74) is -1.75. The molecule has 0 aliphatic carbocycles. The van der Waals surface area contributed by atoms with Gasteiger partial charge in [0.2, 0.25) is 0 Å². The van der Waals surface area contributed by atoms with Crippen LogP contribution in [0.25, 0.3) is 0 Å². The number of halogens is 3. The van der Waals surface area contributed by atoms with E-state index < -0.39 is 40.5 Å². The number of nitrogens with zero attached hydrogens (tertiary/aromatic N) is 1. The van der Waals surface area contributed by atoms with E-state index in [1.165, 1.54) is 6.07 Å². The van der Waals surface area contributed by atoms with Gasteiger partial charge < -0.3 is 9.31 Å². The maximum absolute atomic E-state index is 15.0. The lowest BCUT2D eigenvalue weighted by molar-refractivity contribution is 0.00578. The number of rotatable bonds is 4. The molecule has 0 spiro atoms. The Kier molecular flexibility index (Phi) is 4.80. The van der Waals surface area contributed by atoms with E-state index in [-0.39, 0.29) is 29.3 Å². The van der Waals surface area contributed by atoms with Gasteiger partial charge in [0, 0.05) is 23.6 Å². The molecule has 0 bridgehead atoms. The monoisotopic (exact) mass is 408 g/mol. The second kappa shape index (κ2) is 6.30. The van der Waals surface area contributed by atoms with Crippen LogP contribution in [0.4, 0.5) is 14.5 Å². The zero-order valence-corrected chi connectivity index (χ0v) is 16.4. The molecule has 2 heterocycles. The first-order valence-corrected chi connectivity index (χ1v) is 9.91. The van der Waals surface area contributed by atoms with Gasteiger partial charge in [-0.15, -0.1) is 0 Å². The summed E-state index contributed by atoms with van der Waals surface area (Å²) in [6.07, 6.45) is -1.21. The summed E-state index contributed by atoms with van der Waals surface area (Å²) in [6.45, 7) is 6.74. The summed E-state index contributed by atoms with van der Waals surface area (Å²) >= 11 is 6.04. The highest BCUT2D eigenvalue weighted by molar-refractivity contribution is 7.90. The summed E-state index contributed by atoms with van der Waals surface area (Å²) in [6, 6.07) is 2.48. The summed E-state index contributed by atoms with van der Waals surface area (Å²) < 4.78 is 66.9. The van der Waals surface area contributed by atoms with E-state index in [0.717, 1.165) is 10.4 Å². The molecule has 0 saturated carbocycles. The highest BCUT2D eigenvalue weighted by atomic mass is 35.5. The van der Waals surface area contributed by atoms with Gasteiger partial charge in [-0.25, -0.2) is 8.78 Å². The number of hydrogen-bond acceptors (Lipinski definition) is 4. The lowest BCUT2D eigenvalue weighted by Crippen LogP contribution is -2.53. The van der Waals surface area contributed by atoms with Crippen LogP contribution in [0, 0.1) is 5.82 Å². The predicted molar refractivity (Wildman–Crippen MR) is 96.1 cm³/mol. The van der Waals surface area contributed by atoms with Crippen LogP contribution in [0.5, 0.6) is 0 Å². The van der Waals surface area contributed by atoms with Gasteiger partial charge in [-0.2, -0.15) is 12.7 Å². The summed E-state index contributed by atoms with van der Waals surface area (Å²) in [5, 5.41) is 0.112. The van der Waals surface area contributed by atoms with Crippen molar-refractivity contribution in [3.8, 4) is 0 Å². The molecular formula is C15H20BClF2N2O4S. The van der Waals surface area contributed by atoms with Crippen LogP contribution < -0.4 is 10.2 Å². The van der Waals surface area contributed by atoms with Crippen molar-refractivity contribution in [3.63, 3.8) is 0 Å². The quantitative estimate of drug-likeness (QED) is 0.775. The molecule has 1 aromatic carbocycles. The molecule has 0 unspecified atom stereocenters. The van der Waals surface area contributed by atoms with E-state index in [1.54, 1.807) is 0 Å². The molecule has 0 radical (unpaired) electrons. The number of benzene rings is 1. The van der Waals surface area contributed by atoms with Crippen molar-refractivity contribution in [2.24, 2.45) is 0 Å².